The van der Waals surface area contributed by atoms with E-state index in [0.717, 1.165) is 21.3 Å². The van der Waals surface area contributed by atoms with Gasteiger partial charge in [-0.15, -0.1) is 11.3 Å². The first-order chi connectivity index (χ1) is 8.16. The van der Waals surface area contributed by atoms with Crippen LogP contribution in [0.2, 0.25) is 4.34 Å². The van der Waals surface area contributed by atoms with Gasteiger partial charge in [-0.05, 0) is 47.7 Å². The molecule has 0 aromatic carbocycles. The van der Waals surface area contributed by atoms with Gasteiger partial charge in [0.2, 0.25) is 0 Å². The third-order valence-electron chi connectivity index (χ3n) is 3.65. The van der Waals surface area contributed by atoms with Gasteiger partial charge in [0.1, 0.15) is 4.34 Å². The molecule has 2 rings (SSSR count). The Bertz CT molecular complexity index is 341. The van der Waals surface area contributed by atoms with E-state index < -0.39 is 0 Å². The van der Waals surface area contributed by atoms with Gasteiger partial charge < -0.3 is 5.32 Å². The Hall–Kier alpha value is 0.430. The van der Waals surface area contributed by atoms with Gasteiger partial charge in [-0.1, -0.05) is 30.9 Å². The molecule has 0 saturated heterocycles. The van der Waals surface area contributed by atoms with Crippen LogP contribution in [0.25, 0.3) is 0 Å². The fraction of sp³-hybridized carbons (Fsp3) is 0.692. The molecule has 1 N–H and O–H groups in total. The molecule has 96 valence electrons. The maximum Gasteiger partial charge on any atom is 0.107 e. The predicted octanol–water partition coefficient (Wildman–Crippen LogP) is 5.22. The van der Waals surface area contributed by atoms with Crippen LogP contribution in [-0.4, -0.2) is 6.04 Å². The van der Waals surface area contributed by atoms with E-state index in [1.807, 2.05) is 0 Å². The van der Waals surface area contributed by atoms with Crippen molar-refractivity contribution in [3.63, 3.8) is 0 Å². The first kappa shape index (κ1) is 13.9. The summed E-state index contributed by atoms with van der Waals surface area (Å²) in [5, 5.41) is 3.64. The van der Waals surface area contributed by atoms with Crippen LogP contribution in [0.5, 0.6) is 0 Å². The summed E-state index contributed by atoms with van der Waals surface area (Å²) in [5.74, 6) is 0.864. The molecule has 0 bridgehead atoms. The van der Waals surface area contributed by atoms with Crippen molar-refractivity contribution >= 4 is 38.9 Å². The van der Waals surface area contributed by atoms with E-state index in [1.54, 1.807) is 11.3 Å². The van der Waals surface area contributed by atoms with Gasteiger partial charge in [0.15, 0.2) is 0 Å². The van der Waals surface area contributed by atoms with Crippen LogP contribution in [0.3, 0.4) is 0 Å². The zero-order chi connectivity index (χ0) is 12.3. The van der Waals surface area contributed by atoms with E-state index in [2.05, 4.69) is 34.2 Å². The van der Waals surface area contributed by atoms with Gasteiger partial charge >= 0.3 is 0 Å². The Kier molecular flexibility index (Phi) is 5.34. The van der Waals surface area contributed by atoms with Crippen molar-refractivity contribution in [2.75, 3.05) is 0 Å². The molecule has 0 aliphatic heterocycles. The highest BCUT2D eigenvalue weighted by atomic mass is 79.9. The highest BCUT2D eigenvalue weighted by Gasteiger charge is 2.19. The van der Waals surface area contributed by atoms with Crippen LogP contribution in [0.4, 0.5) is 0 Å². The number of hydrogen-bond acceptors (Lipinski definition) is 2. The van der Waals surface area contributed by atoms with Crippen molar-refractivity contribution in [2.45, 2.75) is 51.6 Å². The molecule has 1 atom stereocenters. The zero-order valence-electron chi connectivity index (χ0n) is 10.1. The minimum absolute atomic E-state index is 0.620. The average molecular weight is 337 g/mol. The van der Waals surface area contributed by atoms with Crippen LogP contribution < -0.4 is 5.32 Å². The third kappa shape index (κ3) is 3.95. The second kappa shape index (κ2) is 6.55. The minimum Gasteiger partial charge on any atom is -0.309 e. The summed E-state index contributed by atoms with van der Waals surface area (Å²) in [6.45, 7) is 3.26. The number of halogens is 2. The molecule has 0 spiro atoms. The van der Waals surface area contributed by atoms with Gasteiger partial charge in [0, 0.05) is 21.9 Å². The molecule has 1 aromatic heterocycles. The topological polar surface area (TPSA) is 12.0 Å². The normalized spacial score (nSPS) is 19.5. The van der Waals surface area contributed by atoms with Crippen molar-refractivity contribution in [3.05, 3.63) is 19.8 Å². The smallest absolute Gasteiger partial charge is 0.107 e. The molecule has 17 heavy (non-hydrogen) atoms. The lowest BCUT2D eigenvalue weighted by Crippen LogP contribution is -2.33. The molecule has 1 heterocycles. The molecule has 1 aromatic rings. The SMILES string of the molecule is C[C@@H](NCc1cc(Br)c(Cl)s1)C1CCCCC1. The Morgan fingerprint density at radius 1 is 1.47 bits per heavy atom. The molecule has 4 heteroatoms. The lowest BCUT2D eigenvalue weighted by atomic mass is 9.84. The molecule has 1 fully saturated rings. The van der Waals surface area contributed by atoms with Crippen LogP contribution >= 0.6 is 38.9 Å². The molecule has 1 aliphatic carbocycles. The van der Waals surface area contributed by atoms with Crippen molar-refractivity contribution in [3.8, 4) is 0 Å². The van der Waals surface area contributed by atoms with Crippen molar-refractivity contribution in [2.24, 2.45) is 5.92 Å². The third-order valence-corrected chi connectivity index (χ3v) is 6.13. The molecular formula is C13H19BrClNS. The summed E-state index contributed by atoms with van der Waals surface area (Å²) in [7, 11) is 0. The van der Waals surface area contributed by atoms with Crippen LogP contribution in [-0.2, 0) is 6.54 Å². The van der Waals surface area contributed by atoms with Crippen LogP contribution in [0.15, 0.2) is 10.5 Å². The summed E-state index contributed by atoms with van der Waals surface area (Å²) in [6, 6.07) is 2.74. The van der Waals surface area contributed by atoms with E-state index >= 15 is 0 Å². The highest BCUT2D eigenvalue weighted by Crippen LogP contribution is 2.32. The molecule has 1 nitrogen and oxygen atoms in total. The van der Waals surface area contributed by atoms with Gasteiger partial charge in [-0.25, -0.2) is 0 Å². The second-order valence-corrected chi connectivity index (χ2v) is 7.50. The molecule has 1 saturated carbocycles. The minimum atomic E-state index is 0.620. The summed E-state index contributed by atoms with van der Waals surface area (Å²) in [4.78, 5) is 1.31. The van der Waals surface area contributed by atoms with Gasteiger partial charge in [0.05, 0.1) is 0 Å². The Morgan fingerprint density at radius 2 is 2.18 bits per heavy atom. The molecule has 0 amide bonds. The van der Waals surface area contributed by atoms with E-state index in [1.165, 1.54) is 37.0 Å². The molecular weight excluding hydrogens is 318 g/mol. The fourth-order valence-corrected chi connectivity index (χ4v) is 4.28. The summed E-state index contributed by atoms with van der Waals surface area (Å²) < 4.78 is 1.87. The van der Waals surface area contributed by atoms with Crippen molar-refractivity contribution < 1.29 is 0 Å². The van der Waals surface area contributed by atoms with Crippen molar-refractivity contribution in [1.82, 2.24) is 5.32 Å². The highest BCUT2D eigenvalue weighted by molar-refractivity contribution is 9.10. The lowest BCUT2D eigenvalue weighted by Gasteiger charge is -2.28. The Balaban J connectivity index is 1.80. The fourth-order valence-electron chi connectivity index (χ4n) is 2.54. The van der Waals surface area contributed by atoms with Crippen LogP contribution in [0.1, 0.15) is 43.9 Å². The molecule has 0 unspecified atom stereocenters. The average Bonchev–Trinajstić information content (AvgIpc) is 2.67. The number of rotatable bonds is 4. The second-order valence-electron chi connectivity index (χ2n) is 4.90. The van der Waals surface area contributed by atoms with Crippen molar-refractivity contribution in [1.29, 1.82) is 0 Å². The molecule has 0 radical (unpaired) electrons. The maximum absolute atomic E-state index is 6.04. The quantitative estimate of drug-likeness (QED) is 0.794. The summed E-state index contributed by atoms with van der Waals surface area (Å²) >= 11 is 11.1. The lowest BCUT2D eigenvalue weighted by molar-refractivity contribution is 0.281. The van der Waals surface area contributed by atoms with E-state index in [-0.39, 0.29) is 0 Å². The largest absolute Gasteiger partial charge is 0.309 e. The van der Waals surface area contributed by atoms with Gasteiger partial charge in [0.25, 0.3) is 0 Å². The predicted molar refractivity (Wildman–Crippen MR) is 79.9 cm³/mol. The number of nitrogens with one attached hydrogen (secondary N) is 1. The van der Waals surface area contributed by atoms with E-state index in [0.29, 0.717) is 6.04 Å². The number of thiophene rings is 1. The van der Waals surface area contributed by atoms with E-state index in [9.17, 15) is 0 Å². The first-order valence-corrected chi connectivity index (χ1v) is 8.32. The Labute approximate surface area is 121 Å². The van der Waals surface area contributed by atoms with E-state index in [4.69, 9.17) is 11.6 Å². The summed E-state index contributed by atoms with van der Waals surface area (Å²) in [5.41, 5.74) is 0. The van der Waals surface area contributed by atoms with Gasteiger partial charge in [-0.3, -0.25) is 0 Å². The van der Waals surface area contributed by atoms with Gasteiger partial charge in [-0.2, -0.15) is 0 Å². The summed E-state index contributed by atoms with van der Waals surface area (Å²) in [6.07, 6.45) is 7.03. The number of hydrogen-bond donors (Lipinski definition) is 1. The standard InChI is InChI=1S/C13H19BrClNS/c1-9(10-5-3-2-4-6-10)16-8-11-7-12(14)13(15)17-11/h7,9-10,16H,2-6,8H2,1H3/t9-/m1/s1. The Morgan fingerprint density at radius 3 is 2.76 bits per heavy atom. The monoisotopic (exact) mass is 335 g/mol. The van der Waals surface area contributed by atoms with Crippen LogP contribution in [0, 0.1) is 5.92 Å². The zero-order valence-corrected chi connectivity index (χ0v) is 13.3. The maximum atomic E-state index is 6.04. The first-order valence-electron chi connectivity index (χ1n) is 6.34. The molecule has 1 aliphatic rings.